The highest BCUT2D eigenvalue weighted by atomic mass is 19.4. The maximum atomic E-state index is 13.2. The average Bonchev–Trinajstić information content (AvgIpc) is 2.45. The molecule has 1 heterocycles. The Morgan fingerprint density at radius 2 is 2.00 bits per heavy atom. The molecule has 4 nitrogen and oxygen atoms in total. The van der Waals surface area contributed by atoms with E-state index in [1.807, 2.05) is 0 Å². The van der Waals surface area contributed by atoms with Crippen molar-refractivity contribution in [3.63, 3.8) is 0 Å². The van der Waals surface area contributed by atoms with E-state index in [-0.39, 0.29) is 31.7 Å². The predicted molar refractivity (Wildman–Crippen MR) is 78.5 cm³/mol. The lowest BCUT2D eigenvalue weighted by atomic mass is 9.96. The number of nitrogens with one attached hydrogen (secondary N) is 1. The number of alkyl halides is 3. The number of benzene rings is 1. The SMILES string of the molecule is CC(=O)N[C@H]1CC[C@@H](C(F)(F)F)N(C(=O)Cc2cccc(F)c2)C1. The molecule has 1 N–H and O–H groups in total. The quantitative estimate of drug-likeness (QED) is 0.855. The summed E-state index contributed by atoms with van der Waals surface area (Å²) in [6, 6.07) is 2.80. The second-order valence-corrected chi connectivity index (χ2v) is 5.89. The summed E-state index contributed by atoms with van der Waals surface area (Å²) in [6.45, 7) is 1.06. The molecule has 1 fully saturated rings. The first-order chi connectivity index (χ1) is 11.2. The van der Waals surface area contributed by atoms with Crippen LogP contribution in [0.5, 0.6) is 0 Å². The fraction of sp³-hybridized carbons (Fsp3) is 0.500. The largest absolute Gasteiger partial charge is 0.408 e. The van der Waals surface area contributed by atoms with E-state index < -0.39 is 30.0 Å². The van der Waals surface area contributed by atoms with Gasteiger partial charge in [0, 0.05) is 19.5 Å². The van der Waals surface area contributed by atoms with Gasteiger partial charge in [-0.25, -0.2) is 4.39 Å². The van der Waals surface area contributed by atoms with E-state index in [1.54, 1.807) is 0 Å². The summed E-state index contributed by atoms with van der Waals surface area (Å²) in [4.78, 5) is 24.2. The van der Waals surface area contributed by atoms with Crippen molar-refractivity contribution in [3.8, 4) is 0 Å². The Morgan fingerprint density at radius 3 is 2.58 bits per heavy atom. The number of amides is 2. The first-order valence-corrected chi connectivity index (χ1v) is 7.54. The zero-order valence-electron chi connectivity index (χ0n) is 13.1. The highest BCUT2D eigenvalue weighted by molar-refractivity contribution is 5.79. The molecule has 1 aliphatic rings. The number of likely N-dealkylation sites (tertiary alicyclic amines) is 1. The molecule has 132 valence electrons. The smallest absolute Gasteiger partial charge is 0.352 e. The first-order valence-electron chi connectivity index (χ1n) is 7.54. The predicted octanol–water partition coefficient (Wildman–Crippen LogP) is 2.43. The Balaban J connectivity index is 2.16. The molecular weight excluding hydrogens is 328 g/mol. The van der Waals surface area contributed by atoms with Crippen LogP contribution in [0, 0.1) is 5.82 Å². The number of piperidine rings is 1. The molecule has 0 bridgehead atoms. The van der Waals surface area contributed by atoms with Crippen LogP contribution in [-0.4, -0.2) is 41.5 Å². The van der Waals surface area contributed by atoms with Crippen molar-refractivity contribution in [1.29, 1.82) is 0 Å². The topological polar surface area (TPSA) is 49.4 Å². The van der Waals surface area contributed by atoms with Crippen LogP contribution in [0.3, 0.4) is 0 Å². The molecule has 1 aromatic carbocycles. The van der Waals surface area contributed by atoms with Gasteiger partial charge in [0.25, 0.3) is 0 Å². The van der Waals surface area contributed by atoms with Gasteiger partial charge < -0.3 is 10.2 Å². The van der Waals surface area contributed by atoms with Gasteiger partial charge in [0.1, 0.15) is 11.9 Å². The summed E-state index contributed by atoms with van der Waals surface area (Å²) in [6.07, 6.45) is -4.99. The van der Waals surface area contributed by atoms with E-state index in [4.69, 9.17) is 0 Å². The summed E-state index contributed by atoms with van der Waals surface area (Å²) >= 11 is 0. The van der Waals surface area contributed by atoms with Crippen molar-refractivity contribution in [1.82, 2.24) is 10.2 Å². The number of carbonyl (C=O) groups is 2. The highest BCUT2D eigenvalue weighted by Gasteiger charge is 2.47. The molecular formula is C16H18F4N2O2. The molecule has 2 amide bonds. The molecule has 0 aromatic heterocycles. The Kier molecular flexibility index (Phi) is 5.46. The van der Waals surface area contributed by atoms with E-state index in [1.165, 1.54) is 25.1 Å². The van der Waals surface area contributed by atoms with Crippen LogP contribution in [0.4, 0.5) is 17.6 Å². The number of carbonyl (C=O) groups excluding carboxylic acids is 2. The number of hydrogen-bond acceptors (Lipinski definition) is 2. The maximum absolute atomic E-state index is 13.2. The molecule has 1 saturated heterocycles. The monoisotopic (exact) mass is 346 g/mol. The third-order valence-electron chi connectivity index (χ3n) is 3.93. The van der Waals surface area contributed by atoms with Gasteiger partial charge in [-0.1, -0.05) is 12.1 Å². The lowest BCUT2D eigenvalue weighted by Gasteiger charge is -2.40. The standard InChI is InChI=1S/C16H18F4N2O2/c1-10(23)21-13-5-6-14(16(18,19)20)22(9-13)15(24)8-11-3-2-4-12(17)7-11/h2-4,7,13-14H,5-6,8-9H2,1H3,(H,21,23)/t13-,14-/m0/s1. The molecule has 0 unspecified atom stereocenters. The molecule has 0 saturated carbocycles. The summed E-state index contributed by atoms with van der Waals surface area (Å²) in [7, 11) is 0. The summed E-state index contributed by atoms with van der Waals surface area (Å²) in [5.74, 6) is -1.65. The molecule has 0 spiro atoms. The van der Waals surface area contributed by atoms with Crippen LogP contribution >= 0.6 is 0 Å². The van der Waals surface area contributed by atoms with Crippen molar-refractivity contribution in [2.75, 3.05) is 6.54 Å². The third kappa shape index (κ3) is 4.69. The van der Waals surface area contributed by atoms with Crippen LogP contribution in [0.25, 0.3) is 0 Å². The number of nitrogens with zero attached hydrogens (tertiary/aromatic N) is 1. The van der Waals surface area contributed by atoms with Gasteiger partial charge in [0.2, 0.25) is 11.8 Å². The van der Waals surface area contributed by atoms with Gasteiger partial charge in [-0.2, -0.15) is 13.2 Å². The normalized spacial score (nSPS) is 21.5. The molecule has 2 rings (SSSR count). The minimum atomic E-state index is -4.54. The fourth-order valence-electron chi connectivity index (χ4n) is 2.92. The summed E-state index contributed by atoms with van der Waals surface area (Å²) in [5.41, 5.74) is 0.308. The van der Waals surface area contributed by atoms with Gasteiger partial charge in [0.05, 0.1) is 6.42 Å². The minimum Gasteiger partial charge on any atom is -0.352 e. The molecule has 1 aromatic rings. The molecule has 2 atom stereocenters. The van der Waals surface area contributed by atoms with Gasteiger partial charge >= 0.3 is 6.18 Å². The van der Waals surface area contributed by atoms with Crippen LogP contribution in [-0.2, 0) is 16.0 Å². The van der Waals surface area contributed by atoms with Gasteiger partial charge in [-0.15, -0.1) is 0 Å². The van der Waals surface area contributed by atoms with E-state index in [2.05, 4.69) is 5.32 Å². The molecule has 0 radical (unpaired) electrons. The van der Waals surface area contributed by atoms with Crippen molar-refractivity contribution in [2.45, 2.75) is 44.4 Å². The van der Waals surface area contributed by atoms with Gasteiger partial charge in [-0.3, -0.25) is 9.59 Å². The Morgan fingerprint density at radius 1 is 1.29 bits per heavy atom. The van der Waals surface area contributed by atoms with Crippen molar-refractivity contribution >= 4 is 11.8 Å². The van der Waals surface area contributed by atoms with E-state index >= 15 is 0 Å². The van der Waals surface area contributed by atoms with Crippen LogP contribution in [0.2, 0.25) is 0 Å². The average molecular weight is 346 g/mol. The summed E-state index contributed by atoms with van der Waals surface area (Å²) < 4.78 is 52.8. The number of halogens is 4. The maximum Gasteiger partial charge on any atom is 0.408 e. The van der Waals surface area contributed by atoms with E-state index in [0.29, 0.717) is 5.56 Å². The molecule has 1 aliphatic heterocycles. The van der Waals surface area contributed by atoms with Crippen LogP contribution in [0.1, 0.15) is 25.3 Å². The van der Waals surface area contributed by atoms with Crippen LogP contribution in [0.15, 0.2) is 24.3 Å². The minimum absolute atomic E-state index is 0.146. The van der Waals surface area contributed by atoms with Crippen LogP contribution < -0.4 is 5.32 Å². The Bertz CT molecular complexity index is 618. The highest BCUT2D eigenvalue weighted by Crippen LogP contribution is 2.32. The van der Waals surface area contributed by atoms with Crippen molar-refractivity contribution < 1.29 is 27.2 Å². The van der Waals surface area contributed by atoms with E-state index in [0.717, 1.165) is 11.0 Å². The second kappa shape index (κ2) is 7.19. The number of rotatable bonds is 3. The molecule has 0 aliphatic carbocycles. The van der Waals surface area contributed by atoms with Crippen molar-refractivity contribution in [3.05, 3.63) is 35.6 Å². The van der Waals surface area contributed by atoms with E-state index in [9.17, 15) is 27.2 Å². The first kappa shape index (κ1) is 18.2. The Hall–Kier alpha value is -2.12. The zero-order chi connectivity index (χ0) is 17.9. The molecule has 24 heavy (non-hydrogen) atoms. The lowest BCUT2D eigenvalue weighted by Crippen LogP contribution is -2.58. The van der Waals surface area contributed by atoms with Gasteiger partial charge in [0.15, 0.2) is 0 Å². The van der Waals surface area contributed by atoms with Gasteiger partial charge in [-0.05, 0) is 30.5 Å². The second-order valence-electron chi connectivity index (χ2n) is 5.89. The third-order valence-corrected chi connectivity index (χ3v) is 3.93. The summed E-state index contributed by atoms with van der Waals surface area (Å²) in [5, 5.41) is 2.55. The van der Waals surface area contributed by atoms with Crippen molar-refractivity contribution in [2.24, 2.45) is 0 Å². The Labute approximate surface area is 136 Å². The zero-order valence-corrected chi connectivity index (χ0v) is 13.1. The molecule has 8 heteroatoms. The lowest BCUT2D eigenvalue weighted by molar-refractivity contribution is -0.197. The number of hydrogen-bond donors (Lipinski definition) is 1. The fourth-order valence-corrected chi connectivity index (χ4v) is 2.92.